The van der Waals surface area contributed by atoms with Gasteiger partial charge in [0, 0.05) is 19.1 Å². The number of likely N-dealkylation sites (tertiary alicyclic amines) is 1. The molecule has 0 saturated carbocycles. The summed E-state index contributed by atoms with van der Waals surface area (Å²) in [6.45, 7) is 3.39. The van der Waals surface area contributed by atoms with Gasteiger partial charge < -0.3 is 9.80 Å². The van der Waals surface area contributed by atoms with Crippen LogP contribution in [0.25, 0.3) is 0 Å². The molecular formula is C13H19ClN4. The van der Waals surface area contributed by atoms with E-state index in [0.29, 0.717) is 5.15 Å². The Morgan fingerprint density at radius 1 is 1.28 bits per heavy atom. The maximum absolute atomic E-state index is 5.92. The largest absolute Gasteiger partial charge is 0.355 e. The second-order valence-electron chi connectivity index (χ2n) is 5.38. The van der Waals surface area contributed by atoms with Crippen molar-refractivity contribution in [2.75, 3.05) is 31.6 Å². The topological polar surface area (TPSA) is 32.3 Å². The van der Waals surface area contributed by atoms with Crippen molar-refractivity contribution in [1.82, 2.24) is 14.9 Å². The standard InChI is InChI=1S/C13H19ClN4/c1-17-5-2-3-10-9-18(6-4-11(10)17)13-8-15-7-12(14)16-13/h7-8,10-11H,2-6,9H2,1H3. The first-order chi connectivity index (χ1) is 8.74. The average Bonchev–Trinajstić information content (AvgIpc) is 2.39. The van der Waals surface area contributed by atoms with E-state index in [1.165, 1.54) is 25.8 Å². The zero-order valence-corrected chi connectivity index (χ0v) is 11.5. The first kappa shape index (κ1) is 12.2. The quantitative estimate of drug-likeness (QED) is 0.779. The Balaban J connectivity index is 1.74. The van der Waals surface area contributed by atoms with Gasteiger partial charge in [0.1, 0.15) is 11.0 Å². The van der Waals surface area contributed by atoms with Crippen molar-refractivity contribution in [2.45, 2.75) is 25.3 Å². The molecule has 0 bridgehead atoms. The van der Waals surface area contributed by atoms with Crippen LogP contribution in [0.5, 0.6) is 0 Å². The van der Waals surface area contributed by atoms with Crippen LogP contribution in [-0.2, 0) is 0 Å². The molecular weight excluding hydrogens is 248 g/mol. The lowest BCUT2D eigenvalue weighted by Crippen LogP contribution is -2.52. The van der Waals surface area contributed by atoms with Crippen LogP contribution in [0.15, 0.2) is 12.4 Å². The monoisotopic (exact) mass is 266 g/mol. The average molecular weight is 267 g/mol. The van der Waals surface area contributed by atoms with Crippen LogP contribution in [0.3, 0.4) is 0 Å². The molecule has 2 aliphatic rings. The van der Waals surface area contributed by atoms with Gasteiger partial charge in [0.25, 0.3) is 0 Å². The van der Waals surface area contributed by atoms with E-state index in [1.54, 1.807) is 6.20 Å². The Morgan fingerprint density at radius 2 is 2.17 bits per heavy atom. The minimum atomic E-state index is 0.482. The third-order valence-corrected chi connectivity index (χ3v) is 4.44. The van der Waals surface area contributed by atoms with Crippen molar-refractivity contribution in [3.8, 4) is 0 Å². The smallest absolute Gasteiger partial charge is 0.149 e. The molecule has 5 heteroatoms. The second-order valence-corrected chi connectivity index (χ2v) is 5.77. The maximum atomic E-state index is 5.92. The molecule has 4 nitrogen and oxygen atoms in total. The molecule has 1 aromatic heterocycles. The number of piperidine rings is 2. The predicted molar refractivity (Wildman–Crippen MR) is 73.0 cm³/mol. The lowest BCUT2D eigenvalue weighted by atomic mass is 9.84. The zero-order chi connectivity index (χ0) is 12.5. The predicted octanol–water partition coefficient (Wildman–Crippen LogP) is 2.05. The van der Waals surface area contributed by atoms with E-state index in [0.717, 1.165) is 30.9 Å². The summed E-state index contributed by atoms with van der Waals surface area (Å²) in [5, 5.41) is 0.482. The summed E-state index contributed by atoms with van der Waals surface area (Å²) in [6, 6.07) is 0.752. The van der Waals surface area contributed by atoms with E-state index in [2.05, 4.69) is 26.8 Å². The molecule has 2 aliphatic heterocycles. The van der Waals surface area contributed by atoms with Gasteiger partial charge >= 0.3 is 0 Å². The van der Waals surface area contributed by atoms with Crippen LogP contribution in [0.2, 0.25) is 5.15 Å². The second kappa shape index (κ2) is 5.02. The zero-order valence-electron chi connectivity index (χ0n) is 10.7. The highest BCUT2D eigenvalue weighted by Gasteiger charge is 2.34. The fourth-order valence-electron chi connectivity index (χ4n) is 3.35. The van der Waals surface area contributed by atoms with Gasteiger partial charge in [-0.1, -0.05) is 11.6 Å². The number of aromatic nitrogens is 2. The van der Waals surface area contributed by atoms with E-state index in [1.807, 2.05) is 6.20 Å². The molecule has 2 fully saturated rings. The normalized spacial score (nSPS) is 29.1. The van der Waals surface area contributed by atoms with E-state index in [9.17, 15) is 0 Å². The van der Waals surface area contributed by atoms with Crippen LogP contribution in [-0.4, -0.2) is 47.6 Å². The summed E-state index contributed by atoms with van der Waals surface area (Å²) in [5.74, 6) is 1.69. The number of hydrogen-bond donors (Lipinski definition) is 0. The Kier molecular flexibility index (Phi) is 3.39. The number of nitrogens with zero attached hydrogens (tertiary/aromatic N) is 4. The number of fused-ring (bicyclic) bond motifs is 1. The molecule has 0 aliphatic carbocycles. The lowest BCUT2D eigenvalue weighted by Gasteiger charge is -2.46. The molecule has 18 heavy (non-hydrogen) atoms. The highest BCUT2D eigenvalue weighted by atomic mass is 35.5. The summed E-state index contributed by atoms with van der Waals surface area (Å²) < 4.78 is 0. The van der Waals surface area contributed by atoms with Gasteiger partial charge in [-0.05, 0) is 38.8 Å². The van der Waals surface area contributed by atoms with Crippen LogP contribution in [0.4, 0.5) is 5.82 Å². The fourth-order valence-corrected chi connectivity index (χ4v) is 3.49. The minimum absolute atomic E-state index is 0.482. The molecule has 0 spiro atoms. The number of anilines is 1. The van der Waals surface area contributed by atoms with Crippen molar-refractivity contribution in [1.29, 1.82) is 0 Å². The van der Waals surface area contributed by atoms with Gasteiger partial charge in [-0.2, -0.15) is 0 Å². The van der Waals surface area contributed by atoms with Crippen molar-refractivity contribution in [2.24, 2.45) is 5.92 Å². The van der Waals surface area contributed by atoms with Gasteiger partial charge in [-0.15, -0.1) is 0 Å². The van der Waals surface area contributed by atoms with Crippen LogP contribution < -0.4 is 4.90 Å². The molecule has 1 aromatic rings. The fraction of sp³-hybridized carbons (Fsp3) is 0.692. The molecule has 2 unspecified atom stereocenters. The van der Waals surface area contributed by atoms with Gasteiger partial charge in [0.05, 0.1) is 12.4 Å². The summed E-state index contributed by atoms with van der Waals surface area (Å²) in [5.41, 5.74) is 0. The number of rotatable bonds is 1. The van der Waals surface area contributed by atoms with Crippen molar-refractivity contribution >= 4 is 17.4 Å². The molecule has 0 N–H and O–H groups in total. The van der Waals surface area contributed by atoms with Crippen molar-refractivity contribution < 1.29 is 0 Å². The highest BCUT2D eigenvalue weighted by Crippen LogP contribution is 2.31. The van der Waals surface area contributed by atoms with Crippen LogP contribution in [0, 0.1) is 5.92 Å². The molecule has 0 aromatic carbocycles. The van der Waals surface area contributed by atoms with E-state index in [-0.39, 0.29) is 0 Å². The third-order valence-electron chi connectivity index (χ3n) is 4.26. The van der Waals surface area contributed by atoms with Gasteiger partial charge in [0.2, 0.25) is 0 Å². The van der Waals surface area contributed by atoms with Crippen LogP contribution in [0.1, 0.15) is 19.3 Å². The summed E-state index contributed by atoms with van der Waals surface area (Å²) >= 11 is 5.92. The van der Waals surface area contributed by atoms with Crippen LogP contribution >= 0.6 is 11.6 Å². The van der Waals surface area contributed by atoms with Crippen molar-refractivity contribution in [3.05, 3.63) is 17.5 Å². The first-order valence-electron chi connectivity index (χ1n) is 6.67. The lowest BCUT2D eigenvalue weighted by molar-refractivity contribution is 0.102. The molecule has 2 saturated heterocycles. The third kappa shape index (κ3) is 2.31. The van der Waals surface area contributed by atoms with E-state index >= 15 is 0 Å². The maximum Gasteiger partial charge on any atom is 0.149 e. The van der Waals surface area contributed by atoms with Gasteiger partial charge in [0.15, 0.2) is 0 Å². The van der Waals surface area contributed by atoms with Gasteiger partial charge in [-0.25, -0.2) is 4.98 Å². The molecule has 2 atom stereocenters. The molecule has 0 radical (unpaired) electrons. The number of halogens is 1. The van der Waals surface area contributed by atoms with Crippen molar-refractivity contribution in [3.63, 3.8) is 0 Å². The summed E-state index contributed by atoms with van der Waals surface area (Å²) in [6.07, 6.45) is 7.27. The first-order valence-corrected chi connectivity index (χ1v) is 7.04. The molecule has 98 valence electrons. The van der Waals surface area contributed by atoms with E-state index in [4.69, 9.17) is 11.6 Å². The minimum Gasteiger partial charge on any atom is -0.355 e. The Hall–Kier alpha value is -0.870. The molecule has 0 amide bonds. The number of hydrogen-bond acceptors (Lipinski definition) is 4. The SMILES string of the molecule is CN1CCCC2CN(c3cncc(Cl)n3)CCC21. The summed E-state index contributed by atoms with van der Waals surface area (Å²) in [4.78, 5) is 13.4. The molecule has 3 heterocycles. The summed E-state index contributed by atoms with van der Waals surface area (Å²) in [7, 11) is 2.26. The Bertz CT molecular complexity index is 425. The Morgan fingerprint density at radius 3 is 3.00 bits per heavy atom. The Labute approximate surface area is 113 Å². The van der Waals surface area contributed by atoms with E-state index < -0.39 is 0 Å². The molecule has 3 rings (SSSR count). The van der Waals surface area contributed by atoms with Gasteiger partial charge in [-0.3, -0.25) is 4.98 Å². The highest BCUT2D eigenvalue weighted by molar-refractivity contribution is 6.29.